The zero-order valence-corrected chi connectivity index (χ0v) is 22.5. The largest absolute Gasteiger partial charge is 0.493 e. The molecule has 0 aromatic heterocycles. The smallest absolute Gasteiger partial charge is 0.284 e. The minimum atomic E-state index is -3.99. The number of carbonyl (C=O) groups is 1. The summed E-state index contributed by atoms with van der Waals surface area (Å²) in [6, 6.07) is 12.0. The molecule has 192 valence electrons. The fraction of sp³-hybridized carbons (Fsp3) is 0.333. The first-order valence-electron chi connectivity index (χ1n) is 11.9. The van der Waals surface area contributed by atoms with Gasteiger partial charge in [-0.3, -0.25) is 9.69 Å². The lowest BCUT2D eigenvalue weighted by molar-refractivity contribution is -0.121. The van der Waals surface area contributed by atoms with Crippen molar-refractivity contribution < 1.29 is 22.7 Å². The number of sulfonamides is 1. The van der Waals surface area contributed by atoms with Crippen LogP contribution in [0.2, 0.25) is 0 Å². The Morgan fingerprint density at radius 3 is 2.47 bits per heavy atom. The number of methoxy groups -OCH3 is 1. The number of benzene rings is 2. The molecule has 0 aliphatic carbocycles. The first-order chi connectivity index (χ1) is 17.3. The van der Waals surface area contributed by atoms with Crippen LogP contribution in [0.25, 0.3) is 6.08 Å². The van der Waals surface area contributed by atoms with Gasteiger partial charge in [0.05, 0.1) is 23.5 Å². The highest BCUT2D eigenvalue weighted by Crippen LogP contribution is 2.35. The summed E-state index contributed by atoms with van der Waals surface area (Å²) in [5.41, 5.74) is 1.75. The van der Waals surface area contributed by atoms with E-state index >= 15 is 0 Å². The van der Waals surface area contributed by atoms with E-state index in [1.165, 1.54) is 23.1 Å². The van der Waals surface area contributed by atoms with Gasteiger partial charge in [0.25, 0.3) is 15.9 Å². The highest BCUT2D eigenvalue weighted by Gasteiger charge is 2.34. The normalized spacial score (nSPS) is 16.1. The third kappa shape index (κ3) is 6.79. The minimum Gasteiger partial charge on any atom is -0.493 e. The molecule has 0 spiro atoms. The van der Waals surface area contributed by atoms with Gasteiger partial charge in [-0.2, -0.15) is 8.42 Å². The second-order valence-electron chi connectivity index (χ2n) is 8.13. The molecule has 1 aliphatic rings. The Kier molecular flexibility index (Phi) is 9.78. The highest BCUT2D eigenvalue weighted by molar-refractivity contribution is 8.19. The average molecular weight is 529 g/mol. The van der Waals surface area contributed by atoms with Crippen LogP contribution in [-0.4, -0.2) is 44.7 Å². The van der Waals surface area contributed by atoms with E-state index in [-0.39, 0.29) is 22.5 Å². The summed E-state index contributed by atoms with van der Waals surface area (Å²) in [5.74, 6) is 0.858. The third-order valence-electron chi connectivity index (χ3n) is 5.52. The molecule has 1 saturated heterocycles. The van der Waals surface area contributed by atoms with Crippen molar-refractivity contribution in [1.82, 2.24) is 4.90 Å². The molecule has 0 radical (unpaired) electrons. The highest BCUT2D eigenvalue weighted by atomic mass is 32.2. The predicted molar refractivity (Wildman–Crippen MR) is 146 cm³/mol. The summed E-state index contributed by atoms with van der Waals surface area (Å²) in [6.45, 7) is 8.56. The van der Waals surface area contributed by atoms with E-state index in [0.717, 1.165) is 48.6 Å². The zero-order valence-electron chi connectivity index (χ0n) is 20.9. The summed E-state index contributed by atoms with van der Waals surface area (Å²) < 4.78 is 41.2. The van der Waals surface area contributed by atoms with Crippen molar-refractivity contribution in [2.45, 2.75) is 44.4 Å². The van der Waals surface area contributed by atoms with Crippen molar-refractivity contribution in [2.24, 2.45) is 4.40 Å². The molecule has 0 saturated carbocycles. The van der Waals surface area contributed by atoms with E-state index in [1.807, 2.05) is 19.1 Å². The number of amidine groups is 1. The zero-order chi connectivity index (χ0) is 26.1. The number of thioether (sulfide) groups is 1. The number of amides is 1. The van der Waals surface area contributed by atoms with Crippen LogP contribution in [0, 0.1) is 0 Å². The lowest BCUT2D eigenvalue weighted by atomic mass is 10.2. The quantitative estimate of drug-likeness (QED) is 0.200. The number of ether oxygens (including phenoxy) is 2. The molecule has 9 heteroatoms. The van der Waals surface area contributed by atoms with Crippen molar-refractivity contribution in [3.8, 4) is 11.5 Å². The van der Waals surface area contributed by atoms with E-state index in [9.17, 15) is 13.2 Å². The van der Waals surface area contributed by atoms with Crippen LogP contribution >= 0.6 is 11.8 Å². The molecule has 1 aliphatic heterocycles. The molecule has 2 aromatic rings. The lowest BCUT2D eigenvalue weighted by Crippen LogP contribution is -2.29. The van der Waals surface area contributed by atoms with E-state index in [4.69, 9.17) is 9.47 Å². The second-order valence-corrected chi connectivity index (χ2v) is 10.7. The van der Waals surface area contributed by atoms with Gasteiger partial charge in [-0.15, -0.1) is 11.0 Å². The topological polar surface area (TPSA) is 85.3 Å². The molecule has 2 aromatic carbocycles. The van der Waals surface area contributed by atoms with E-state index in [2.05, 4.69) is 17.9 Å². The maximum absolute atomic E-state index is 13.1. The van der Waals surface area contributed by atoms with Gasteiger partial charge in [0.1, 0.15) is 0 Å². The van der Waals surface area contributed by atoms with E-state index < -0.39 is 10.0 Å². The molecule has 1 heterocycles. The summed E-state index contributed by atoms with van der Waals surface area (Å²) >= 11 is 1.02. The van der Waals surface area contributed by atoms with Crippen LogP contribution in [0.15, 0.2) is 69.3 Å². The molecular weight excluding hydrogens is 496 g/mol. The molecule has 36 heavy (non-hydrogen) atoms. The third-order valence-corrected chi connectivity index (χ3v) is 7.92. The van der Waals surface area contributed by atoms with Gasteiger partial charge < -0.3 is 9.47 Å². The first kappa shape index (κ1) is 27.5. The number of aryl methyl sites for hydroxylation is 1. The first-order valence-corrected chi connectivity index (χ1v) is 14.2. The average Bonchev–Trinajstić information content (AvgIpc) is 3.15. The number of hydrogen-bond acceptors (Lipinski definition) is 6. The summed E-state index contributed by atoms with van der Waals surface area (Å²) in [7, 11) is -2.43. The number of nitrogens with zero attached hydrogens (tertiary/aromatic N) is 2. The molecule has 1 fully saturated rings. The standard InChI is InChI=1S/C27H32N2O5S2/c1-5-8-9-17-34-23-15-12-21(18-24(23)33-4)19-25-26(30)29(16-6-2)27(35-25)28-36(31,32)22-13-10-20(7-3)11-14-22/h6,10-15,18-19H,2,5,7-9,16-17H2,1,3-4H3/b25-19-,28-27+. The molecule has 0 N–H and O–H groups in total. The van der Waals surface area contributed by atoms with E-state index in [1.54, 1.807) is 31.4 Å². The van der Waals surface area contributed by atoms with Crippen LogP contribution in [0.3, 0.4) is 0 Å². The molecule has 7 nitrogen and oxygen atoms in total. The van der Waals surface area contributed by atoms with Crippen molar-refractivity contribution in [1.29, 1.82) is 0 Å². The van der Waals surface area contributed by atoms with Crippen LogP contribution in [0.5, 0.6) is 11.5 Å². The molecule has 0 atom stereocenters. The SMILES string of the molecule is C=CCN1C(=O)/C(=C/c2ccc(OCCCCC)c(OC)c2)S/C1=N/S(=O)(=O)c1ccc(CC)cc1. The fourth-order valence-corrected chi connectivity index (χ4v) is 5.69. The van der Waals surface area contributed by atoms with Gasteiger partial charge in [-0.1, -0.05) is 51.0 Å². The summed E-state index contributed by atoms with van der Waals surface area (Å²) in [6.07, 6.45) is 7.20. The van der Waals surface area contributed by atoms with Crippen molar-refractivity contribution >= 4 is 38.9 Å². The molecule has 3 rings (SSSR count). The Balaban J connectivity index is 1.88. The predicted octanol–water partition coefficient (Wildman–Crippen LogP) is 5.67. The molecule has 0 unspecified atom stereocenters. The second kappa shape index (κ2) is 12.8. The minimum absolute atomic E-state index is 0.0792. The van der Waals surface area contributed by atoms with Gasteiger partial charge in [0.2, 0.25) is 0 Å². The Morgan fingerprint density at radius 1 is 1.08 bits per heavy atom. The van der Waals surface area contributed by atoms with Crippen LogP contribution in [0.1, 0.15) is 44.2 Å². The van der Waals surface area contributed by atoms with Crippen molar-refractivity contribution in [3.05, 3.63) is 71.2 Å². The Labute approximate surface area is 218 Å². The number of carbonyl (C=O) groups excluding carboxylic acids is 1. The van der Waals surface area contributed by atoms with Crippen molar-refractivity contribution in [3.63, 3.8) is 0 Å². The van der Waals surface area contributed by atoms with E-state index in [0.29, 0.717) is 23.0 Å². The van der Waals surface area contributed by atoms with Crippen LogP contribution < -0.4 is 9.47 Å². The Bertz CT molecular complexity index is 1250. The number of unbranched alkanes of at least 4 members (excludes halogenated alkanes) is 2. The van der Waals surface area contributed by atoms with Gasteiger partial charge in [0.15, 0.2) is 16.7 Å². The fourth-order valence-electron chi connectivity index (χ4n) is 3.50. The van der Waals surface area contributed by atoms with Crippen LogP contribution in [-0.2, 0) is 21.2 Å². The van der Waals surface area contributed by atoms with Gasteiger partial charge in [-0.05, 0) is 66.1 Å². The lowest BCUT2D eigenvalue weighted by Gasteiger charge is -2.12. The maximum Gasteiger partial charge on any atom is 0.284 e. The molecular formula is C27H32N2O5S2. The molecule has 0 bridgehead atoms. The van der Waals surface area contributed by atoms with Gasteiger partial charge >= 0.3 is 0 Å². The number of rotatable bonds is 12. The monoisotopic (exact) mass is 528 g/mol. The molecule has 1 amide bonds. The summed E-state index contributed by atoms with van der Waals surface area (Å²) in [5, 5.41) is 0.0913. The maximum atomic E-state index is 13.1. The van der Waals surface area contributed by atoms with Crippen molar-refractivity contribution in [2.75, 3.05) is 20.3 Å². The van der Waals surface area contributed by atoms with Gasteiger partial charge in [0, 0.05) is 6.54 Å². The Hall–Kier alpha value is -3.04. The summed E-state index contributed by atoms with van der Waals surface area (Å²) in [4.78, 5) is 14.8. The Morgan fingerprint density at radius 2 is 1.83 bits per heavy atom. The van der Waals surface area contributed by atoms with Crippen LogP contribution in [0.4, 0.5) is 0 Å². The number of hydrogen-bond donors (Lipinski definition) is 0. The van der Waals surface area contributed by atoms with Gasteiger partial charge in [-0.25, -0.2) is 0 Å².